The van der Waals surface area contributed by atoms with Gasteiger partial charge in [-0.05, 0) is 18.9 Å². The van der Waals surface area contributed by atoms with Gasteiger partial charge in [-0.1, -0.05) is 30.3 Å². The number of piperazine rings is 1. The quantitative estimate of drug-likeness (QED) is 0.754. The summed E-state index contributed by atoms with van der Waals surface area (Å²) in [7, 11) is 0. The van der Waals surface area contributed by atoms with E-state index < -0.39 is 11.8 Å². The van der Waals surface area contributed by atoms with E-state index in [2.05, 4.69) is 5.32 Å². The van der Waals surface area contributed by atoms with E-state index >= 15 is 0 Å². The summed E-state index contributed by atoms with van der Waals surface area (Å²) in [5.74, 6) is -1.35. The Hall–Kier alpha value is -2.37. The first-order valence-electron chi connectivity index (χ1n) is 7.50. The van der Waals surface area contributed by atoms with Gasteiger partial charge in [-0.2, -0.15) is 0 Å². The van der Waals surface area contributed by atoms with E-state index in [1.165, 1.54) is 9.80 Å². The third-order valence-corrected chi connectivity index (χ3v) is 3.69. The number of nitrogens with one attached hydrogen (secondary N) is 1. The van der Waals surface area contributed by atoms with Crippen LogP contribution in [0, 0.1) is 0 Å². The van der Waals surface area contributed by atoms with Crippen molar-refractivity contribution in [2.45, 2.75) is 13.3 Å². The first kappa shape index (κ1) is 16.0. The molecule has 0 bridgehead atoms. The summed E-state index contributed by atoms with van der Waals surface area (Å²) in [4.78, 5) is 38.3. The minimum absolute atomic E-state index is 0.0586. The zero-order chi connectivity index (χ0) is 15.9. The number of carbonyl (C=O) groups excluding carboxylic acids is 3. The van der Waals surface area contributed by atoms with Gasteiger partial charge in [0.15, 0.2) is 0 Å². The van der Waals surface area contributed by atoms with Crippen LogP contribution in [-0.4, -0.2) is 60.2 Å². The fraction of sp³-hybridized carbons (Fsp3) is 0.438. The van der Waals surface area contributed by atoms with Crippen molar-refractivity contribution in [3.05, 3.63) is 35.9 Å². The van der Waals surface area contributed by atoms with Crippen LogP contribution in [0.5, 0.6) is 0 Å². The Bertz CT molecular complexity index is 545. The molecular weight excluding hydrogens is 282 g/mol. The lowest BCUT2D eigenvalue weighted by atomic mass is 10.1. The number of hydrogen-bond acceptors (Lipinski definition) is 3. The molecule has 2 rings (SSSR count). The van der Waals surface area contributed by atoms with Gasteiger partial charge in [-0.3, -0.25) is 14.4 Å². The molecule has 6 nitrogen and oxygen atoms in total. The molecule has 1 aliphatic heterocycles. The Kier molecular flexibility index (Phi) is 5.52. The van der Waals surface area contributed by atoms with Crippen LogP contribution >= 0.6 is 0 Å². The fourth-order valence-corrected chi connectivity index (χ4v) is 2.39. The van der Waals surface area contributed by atoms with Gasteiger partial charge < -0.3 is 15.1 Å². The topological polar surface area (TPSA) is 69.7 Å². The Labute approximate surface area is 130 Å². The van der Waals surface area contributed by atoms with E-state index in [1.54, 1.807) is 0 Å². The Morgan fingerprint density at radius 3 is 2.41 bits per heavy atom. The molecule has 1 heterocycles. The van der Waals surface area contributed by atoms with Crippen LogP contribution in [0.25, 0.3) is 0 Å². The maximum Gasteiger partial charge on any atom is 0.312 e. The summed E-state index contributed by atoms with van der Waals surface area (Å²) in [6.45, 7) is 3.69. The van der Waals surface area contributed by atoms with Crippen molar-refractivity contribution < 1.29 is 14.4 Å². The number of likely N-dealkylation sites (N-methyl/N-ethyl adjacent to an activating group) is 1. The second kappa shape index (κ2) is 7.59. The first-order chi connectivity index (χ1) is 10.6. The standard InChI is InChI=1S/C16H21N3O3/c1-2-18-10-11-19(16(22)15(18)21)12-14(20)17-9-8-13-6-4-3-5-7-13/h3-7H,2,8-12H2,1H3,(H,17,20). The summed E-state index contributed by atoms with van der Waals surface area (Å²) >= 11 is 0. The lowest BCUT2D eigenvalue weighted by molar-refractivity contribution is -0.156. The van der Waals surface area contributed by atoms with Gasteiger partial charge in [0.1, 0.15) is 6.54 Å². The van der Waals surface area contributed by atoms with Crippen molar-refractivity contribution in [2.24, 2.45) is 0 Å². The second-order valence-electron chi connectivity index (χ2n) is 5.20. The lowest BCUT2D eigenvalue weighted by Crippen LogP contribution is -2.56. The predicted molar refractivity (Wildman–Crippen MR) is 82.0 cm³/mol. The lowest BCUT2D eigenvalue weighted by Gasteiger charge is -2.32. The number of hydrogen-bond donors (Lipinski definition) is 1. The van der Waals surface area contributed by atoms with Crippen LogP contribution in [0.3, 0.4) is 0 Å². The normalized spacial score (nSPS) is 15.1. The molecule has 0 spiro atoms. The number of amides is 3. The monoisotopic (exact) mass is 303 g/mol. The summed E-state index contributed by atoms with van der Waals surface area (Å²) in [6.07, 6.45) is 0.739. The molecule has 0 unspecified atom stereocenters. The highest BCUT2D eigenvalue weighted by atomic mass is 16.2. The molecule has 0 atom stereocenters. The molecule has 0 aliphatic carbocycles. The minimum atomic E-state index is -0.591. The highest BCUT2D eigenvalue weighted by molar-refractivity contribution is 6.35. The van der Waals surface area contributed by atoms with Gasteiger partial charge in [0.25, 0.3) is 0 Å². The molecule has 1 aromatic carbocycles. The molecule has 118 valence electrons. The van der Waals surface area contributed by atoms with Gasteiger partial charge in [0.2, 0.25) is 5.91 Å². The Morgan fingerprint density at radius 2 is 1.73 bits per heavy atom. The van der Waals surface area contributed by atoms with Crippen LogP contribution in [0.1, 0.15) is 12.5 Å². The Morgan fingerprint density at radius 1 is 1.09 bits per heavy atom. The maximum absolute atomic E-state index is 11.9. The molecule has 0 aromatic heterocycles. The third kappa shape index (κ3) is 4.07. The van der Waals surface area contributed by atoms with Crippen LogP contribution in [0.15, 0.2) is 30.3 Å². The SMILES string of the molecule is CCN1CCN(CC(=O)NCCc2ccccc2)C(=O)C1=O. The third-order valence-electron chi connectivity index (χ3n) is 3.69. The highest BCUT2D eigenvalue weighted by Crippen LogP contribution is 2.04. The predicted octanol–water partition coefficient (Wildman–Crippen LogP) is 0.0360. The number of nitrogens with zero attached hydrogens (tertiary/aromatic N) is 2. The van der Waals surface area contributed by atoms with E-state index in [4.69, 9.17) is 0 Å². The molecule has 0 saturated carbocycles. The zero-order valence-electron chi connectivity index (χ0n) is 12.7. The van der Waals surface area contributed by atoms with Gasteiger partial charge in [0, 0.05) is 26.2 Å². The van der Waals surface area contributed by atoms with Crippen LogP contribution in [0.2, 0.25) is 0 Å². The molecule has 1 saturated heterocycles. The van der Waals surface area contributed by atoms with Crippen molar-refractivity contribution in [1.82, 2.24) is 15.1 Å². The summed E-state index contributed by atoms with van der Waals surface area (Å²) in [5.41, 5.74) is 1.14. The van der Waals surface area contributed by atoms with Gasteiger partial charge in [0.05, 0.1) is 0 Å². The van der Waals surface area contributed by atoms with Crippen LogP contribution in [0.4, 0.5) is 0 Å². The van der Waals surface area contributed by atoms with Gasteiger partial charge in [-0.25, -0.2) is 0 Å². The van der Waals surface area contributed by atoms with Crippen molar-refractivity contribution in [1.29, 1.82) is 0 Å². The second-order valence-corrected chi connectivity index (χ2v) is 5.20. The number of carbonyl (C=O) groups is 3. The number of rotatable bonds is 6. The maximum atomic E-state index is 11.9. The van der Waals surface area contributed by atoms with Gasteiger partial charge >= 0.3 is 11.8 Å². The minimum Gasteiger partial charge on any atom is -0.354 e. The van der Waals surface area contributed by atoms with E-state index in [-0.39, 0.29) is 12.5 Å². The van der Waals surface area contributed by atoms with Crippen molar-refractivity contribution in [3.8, 4) is 0 Å². The van der Waals surface area contributed by atoms with Crippen LogP contribution < -0.4 is 5.32 Å². The Balaban J connectivity index is 1.75. The zero-order valence-corrected chi connectivity index (χ0v) is 12.7. The van der Waals surface area contributed by atoms with E-state index in [0.29, 0.717) is 26.2 Å². The van der Waals surface area contributed by atoms with Gasteiger partial charge in [-0.15, -0.1) is 0 Å². The van der Waals surface area contributed by atoms with E-state index in [9.17, 15) is 14.4 Å². The average molecular weight is 303 g/mol. The smallest absolute Gasteiger partial charge is 0.312 e. The fourth-order valence-electron chi connectivity index (χ4n) is 2.39. The molecule has 1 aliphatic rings. The molecule has 1 N–H and O–H groups in total. The molecular formula is C16H21N3O3. The average Bonchev–Trinajstić information content (AvgIpc) is 2.53. The molecule has 3 amide bonds. The summed E-state index contributed by atoms with van der Waals surface area (Å²) in [5, 5.41) is 2.78. The molecule has 0 radical (unpaired) electrons. The summed E-state index contributed by atoms with van der Waals surface area (Å²) in [6, 6.07) is 9.85. The molecule has 6 heteroatoms. The van der Waals surface area contributed by atoms with Crippen molar-refractivity contribution >= 4 is 17.7 Å². The van der Waals surface area contributed by atoms with Crippen molar-refractivity contribution in [3.63, 3.8) is 0 Å². The first-order valence-corrected chi connectivity index (χ1v) is 7.50. The molecule has 1 fully saturated rings. The highest BCUT2D eigenvalue weighted by Gasteiger charge is 2.32. The molecule has 22 heavy (non-hydrogen) atoms. The largest absolute Gasteiger partial charge is 0.354 e. The van der Waals surface area contributed by atoms with E-state index in [1.807, 2.05) is 37.3 Å². The number of benzene rings is 1. The van der Waals surface area contributed by atoms with Crippen LogP contribution in [-0.2, 0) is 20.8 Å². The molecule has 1 aromatic rings. The van der Waals surface area contributed by atoms with Crippen molar-refractivity contribution in [2.75, 3.05) is 32.7 Å². The summed E-state index contributed by atoms with van der Waals surface area (Å²) < 4.78 is 0. The van der Waals surface area contributed by atoms with E-state index in [0.717, 1.165) is 12.0 Å².